The number of nitrogen functional groups attached to an aromatic ring is 1. The lowest BCUT2D eigenvalue weighted by Crippen LogP contribution is -2.11. The molecule has 0 bridgehead atoms. The van der Waals surface area contributed by atoms with Crippen molar-refractivity contribution in [1.29, 1.82) is 0 Å². The number of anilines is 2. The van der Waals surface area contributed by atoms with E-state index in [1.54, 1.807) is 16.5 Å². The van der Waals surface area contributed by atoms with Crippen LogP contribution < -0.4 is 10.5 Å². The summed E-state index contributed by atoms with van der Waals surface area (Å²) in [5, 5.41) is 4.82. The Morgan fingerprint density at radius 3 is 2.94 bits per heavy atom. The predicted octanol–water partition coefficient (Wildman–Crippen LogP) is 2.70. The average Bonchev–Trinajstić information content (AvgIpc) is 2.80. The zero-order valence-corrected chi connectivity index (χ0v) is 11.0. The second-order valence-electron chi connectivity index (χ2n) is 4.64. The van der Waals surface area contributed by atoms with Gasteiger partial charge in [0.15, 0.2) is 5.82 Å². The van der Waals surface area contributed by atoms with Crippen molar-refractivity contribution in [3.63, 3.8) is 0 Å². The van der Waals surface area contributed by atoms with Gasteiger partial charge < -0.3 is 10.5 Å². The van der Waals surface area contributed by atoms with E-state index < -0.39 is 0 Å². The van der Waals surface area contributed by atoms with E-state index in [1.165, 1.54) is 38.4 Å². The van der Waals surface area contributed by atoms with E-state index >= 15 is 0 Å². The number of hydrogen-bond donors (Lipinski definition) is 2. The normalized spacial score (nSPS) is 17.1. The predicted molar refractivity (Wildman–Crippen MR) is 75.5 cm³/mol. The van der Waals surface area contributed by atoms with Crippen LogP contribution in [0.2, 0.25) is 0 Å². The van der Waals surface area contributed by atoms with Crippen LogP contribution in [-0.4, -0.2) is 19.8 Å². The first-order chi connectivity index (χ1) is 8.84. The van der Waals surface area contributed by atoms with Gasteiger partial charge in [0.05, 0.1) is 0 Å². The van der Waals surface area contributed by atoms with Crippen LogP contribution in [0.5, 0.6) is 0 Å². The summed E-state index contributed by atoms with van der Waals surface area (Å²) in [5.41, 5.74) is 6.75. The summed E-state index contributed by atoms with van der Waals surface area (Å²) in [6.07, 6.45) is 8.19. The molecule has 0 atom stereocenters. The summed E-state index contributed by atoms with van der Waals surface area (Å²) in [4.78, 5) is 4.29. The fraction of sp³-hybridized carbons (Fsp3) is 0.500. The Bertz CT molecular complexity index is 532. The molecule has 2 aromatic heterocycles. The molecular formula is C12H17N5S. The van der Waals surface area contributed by atoms with E-state index in [4.69, 9.17) is 5.73 Å². The Balaban J connectivity index is 1.74. The summed E-state index contributed by atoms with van der Waals surface area (Å²) in [6.45, 7) is 0. The summed E-state index contributed by atoms with van der Waals surface area (Å²) in [5.74, 6) is 1.48. The molecule has 0 aromatic carbocycles. The summed E-state index contributed by atoms with van der Waals surface area (Å²) >= 11 is 1.78. The van der Waals surface area contributed by atoms with Crippen molar-refractivity contribution in [2.24, 2.45) is 0 Å². The van der Waals surface area contributed by atoms with Gasteiger partial charge in [-0.1, -0.05) is 19.3 Å². The van der Waals surface area contributed by atoms with Crippen LogP contribution in [0.15, 0.2) is 18.5 Å². The largest absolute Gasteiger partial charge is 0.384 e. The van der Waals surface area contributed by atoms with Crippen LogP contribution in [0, 0.1) is 0 Å². The Labute approximate surface area is 110 Å². The summed E-state index contributed by atoms with van der Waals surface area (Å²) < 4.78 is 5.06. The van der Waals surface area contributed by atoms with E-state index in [-0.39, 0.29) is 0 Å². The van der Waals surface area contributed by atoms with E-state index in [1.807, 2.05) is 12.1 Å². The minimum Gasteiger partial charge on any atom is -0.384 e. The van der Waals surface area contributed by atoms with E-state index in [2.05, 4.69) is 14.8 Å². The third-order valence-electron chi connectivity index (χ3n) is 3.36. The van der Waals surface area contributed by atoms with E-state index in [0.29, 0.717) is 11.1 Å². The SMILES string of the molecule is Nc1ccc2c(NSC3CCCCC3)ncnn12. The molecule has 1 aliphatic rings. The molecular weight excluding hydrogens is 246 g/mol. The molecule has 3 rings (SSSR count). The minimum absolute atomic E-state index is 0.637. The van der Waals surface area contributed by atoms with Crippen LogP contribution in [0.1, 0.15) is 32.1 Å². The van der Waals surface area contributed by atoms with Crippen molar-refractivity contribution < 1.29 is 0 Å². The Hall–Kier alpha value is -1.43. The third kappa shape index (κ3) is 2.25. The standard InChI is InChI=1S/C12H17N5S/c13-11-7-6-10-12(14-8-15-17(10)11)16-18-9-4-2-1-3-5-9/h6-9H,1-5,13H2,(H,14,15,16). The highest BCUT2D eigenvalue weighted by molar-refractivity contribution is 8.01. The third-order valence-corrected chi connectivity index (χ3v) is 4.47. The fourth-order valence-electron chi connectivity index (χ4n) is 2.35. The highest BCUT2D eigenvalue weighted by Gasteiger charge is 2.15. The molecule has 2 aromatic rings. The van der Waals surface area contributed by atoms with E-state index in [9.17, 15) is 0 Å². The maximum absolute atomic E-state index is 5.82. The maximum atomic E-state index is 5.82. The van der Waals surface area contributed by atoms with Gasteiger partial charge in [-0.05, 0) is 36.9 Å². The molecule has 96 valence electrons. The highest BCUT2D eigenvalue weighted by atomic mass is 32.2. The van der Waals surface area contributed by atoms with Gasteiger partial charge in [-0.25, -0.2) is 9.50 Å². The Kier molecular flexibility index (Phi) is 3.27. The first-order valence-corrected chi connectivity index (χ1v) is 7.22. The number of hydrogen-bond acceptors (Lipinski definition) is 5. The lowest BCUT2D eigenvalue weighted by atomic mass is 10.0. The number of aromatic nitrogens is 3. The second-order valence-corrected chi connectivity index (χ2v) is 5.75. The Morgan fingerprint density at radius 2 is 2.11 bits per heavy atom. The van der Waals surface area contributed by atoms with Crippen LogP contribution >= 0.6 is 11.9 Å². The molecule has 0 saturated heterocycles. The van der Waals surface area contributed by atoms with Crippen molar-refractivity contribution >= 4 is 29.1 Å². The number of rotatable bonds is 3. The maximum Gasteiger partial charge on any atom is 0.163 e. The van der Waals surface area contributed by atoms with Crippen molar-refractivity contribution in [1.82, 2.24) is 14.6 Å². The Morgan fingerprint density at radius 1 is 1.28 bits per heavy atom. The van der Waals surface area contributed by atoms with Gasteiger partial charge in [-0.3, -0.25) is 0 Å². The molecule has 18 heavy (non-hydrogen) atoms. The fourth-order valence-corrected chi connectivity index (χ4v) is 3.36. The number of nitrogens with one attached hydrogen (secondary N) is 1. The van der Waals surface area contributed by atoms with Gasteiger partial charge in [-0.2, -0.15) is 5.10 Å². The molecule has 0 radical (unpaired) electrons. The van der Waals surface area contributed by atoms with Gasteiger partial charge in [-0.15, -0.1) is 0 Å². The molecule has 1 fully saturated rings. The highest BCUT2D eigenvalue weighted by Crippen LogP contribution is 2.29. The van der Waals surface area contributed by atoms with Gasteiger partial charge in [0, 0.05) is 5.25 Å². The van der Waals surface area contributed by atoms with Crippen molar-refractivity contribution in [3.05, 3.63) is 18.5 Å². The summed E-state index contributed by atoms with van der Waals surface area (Å²) in [7, 11) is 0. The summed E-state index contributed by atoms with van der Waals surface area (Å²) in [6, 6.07) is 3.79. The monoisotopic (exact) mass is 263 g/mol. The first kappa shape index (κ1) is 11.6. The van der Waals surface area contributed by atoms with Crippen molar-refractivity contribution in [2.75, 3.05) is 10.5 Å². The molecule has 0 unspecified atom stereocenters. The quantitative estimate of drug-likeness (QED) is 0.833. The molecule has 0 spiro atoms. The van der Waals surface area contributed by atoms with Crippen LogP contribution in [0.3, 0.4) is 0 Å². The van der Waals surface area contributed by atoms with Crippen LogP contribution in [0.25, 0.3) is 5.52 Å². The molecule has 1 aliphatic carbocycles. The average molecular weight is 263 g/mol. The zero-order valence-electron chi connectivity index (χ0n) is 10.2. The van der Waals surface area contributed by atoms with Gasteiger partial charge in [0.1, 0.15) is 17.7 Å². The lowest BCUT2D eigenvalue weighted by Gasteiger charge is -2.21. The second kappa shape index (κ2) is 5.06. The van der Waals surface area contributed by atoms with E-state index in [0.717, 1.165) is 11.3 Å². The number of nitrogens with two attached hydrogens (primary N) is 1. The smallest absolute Gasteiger partial charge is 0.163 e. The van der Waals surface area contributed by atoms with Crippen LogP contribution in [0.4, 0.5) is 11.6 Å². The molecule has 1 saturated carbocycles. The zero-order chi connectivity index (χ0) is 12.4. The molecule has 6 heteroatoms. The molecule has 0 aliphatic heterocycles. The first-order valence-electron chi connectivity index (χ1n) is 6.34. The number of fused-ring (bicyclic) bond motifs is 1. The molecule has 2 heterocycles. The van der Waals surface area contributed by atoms with Crippen LogP contribution in [-0.2, 0) is 0 Å². The van der Waals surface area contributed by atoms with Crippen molar-refractivity contribution in [2.45, 2.75) is 37.4 Å². The van der Waals surface area contributed by atoms with Crippen molar-refractivity contribution in [3.8, 4) is 0 Å². The lowest BCUT2D eigenvalue weighted by molar-refractivity contribution is 0.516. The molecule has 3 N–H and O–H groups in total. The molecule has 5 nitrogen and oxygen atoms in total. The number of nitrogens with zero attached hydrogens (tertiary/aromatic N) is 3. The topological polar surface area (TPSA) is 68.2 Å². The molecule has 0 amide bonds. The minimum atomic E-state index is 0.637. The van der Waals surface area contributed by atoms with Gasteiger partial charge in [0.2, 0.25) is 0 Å². The van der Waals surface area contributed by atoms with Gasteiger partial charge in [0.25, 0.3) is 0 Å². The van der Waals surface area contributed by atoms with Gasteiger partial charge >= 0.3 is 0 Å².